The molecule has 0 saturated heterocycles. The number of methoxy groups -OCH3 is 1. The van der Waals surface area contributed by atoms with Crippen molar-refractivity contribution in [3.8, 4) is 5.75 Å². The molecule has 1 aromatic carbocycles. The van der Waals surface area contributed by atoms with E-state index in [-0.39, 0.29) is 15.8 Å². The number of hydrogen-bond donors (Lipinski definition) is 1. The van der Waals surface area contributed by atoms with Crippen molar-refractivity contribution in [2.24, 2.45) is 5.73 Å². The van der Waals surface area contributed by atoms with E-state index in [1.807, 2.05) is 0 Å². The third-order valence-electron chi connectivity index (χ3n) is 3.32. The third-order valence-corrected chi connectivity index (χ3v) is 3.90. The van der Waals surface area contributed by atoms with Crippen LogP contribution in [0, 0.1) is 11.6 Å². The molecule has 17 heavy (non-hydrogen) atoms. The first-order chi connectivity index (χ1) is 7.99. The Hall–Kier alpha value is -0.680. The Bertz CT molecular complexity index is 445. The zero-order valence-electron chi connectivity index (χ0n) is 9.53. The van der Waals surface area contributed by atoms with Gasteiger partial charge < -0.3 is 10.5 Å². The summed E-state index contributed by atoms with van der Waals surface area (Å²) in [7, 11) is 1.33. The van der Waals surface area contributed by atoms with Crippen molar-refractivity contribution in [3.05, 3.63) is 27.7 Å². The first-order valence-corrected chi connectivity index (χ1v) is 6.30. The Kier molecular flexibility index (Phi) is 3.41. The van der Waals surface area contributed by atoms with E-state index in [1.54, 1.807) is 0 Å². The van der Waals surface area contributed by atoms with Gasteiger partial charge in [-0.2, -0.15) is 0 Å². The molecule has 0 spiro atoms. The lowest BCUT2D eigenvalue weighted by Crippen LogP contribution is -2.35. The second-order valence-corrected chi connectivity index (χ2v) is 5.28. The van der Waals surface area contributed by atoms with Crippen molar-refractivity contribution >= 4 is 15.9 Å². The van der Waals surface area contributed by atoms with Gasteiger partial charge in [0.25, 0.3) is 0 Å². The SMILES string of the molecule is COc1c(F)cc(Br)c(F)c1C1(N)CCCC1. The minimum absolute atomic E-state index is 0.0740. The second kappa shape index (κ2) is 4.53. The molecule has 2 N–H and O–H groups in total. The van der Waals surface area contributed by atoms with Crippen molar-refractivity contribution in [1.29, 1.82) is 0 Å². The maximum atomic E-state index is 14.2. The minimum atomic E-state index is -0.819. The summed E-state index contributed by atoms with van der Waals surface area (Å²) in [6, 6.07) is 1.07. The van der Waals surface area contributed by atoms with Crippen molar-refractivity contribution < 1.29 is 13.5 Å². The van der Waals surface area contributed by atoms with Crippen LogP contribution in [0.1, 0.15) is 31.2 Å². The second-order valence-electron chi connectivity index (χ2n) is 4.43. The van der Waals surface area contributed by atoms with Gasteiger partial charge in [-0.05, 0) is 34.8 Å². The fourth-order valence-corrected chi connectivity index (χ4v) is 2.88. The summed E-state index contributed by atoms with van der Waals surface area (Å²) in [6.07, 6.45) is 3.15. The average Bonchev–Trinajstić information content (AvgIpc) is 2.71. The van der Waals surface area contributed by atoms with Crippen LogP contribution in [-0.2, 0) is 5.54 Å². The largest absolute Gasteiger partial charge is 0.493 e. The molecule has 1 aromatic rings. The predicted molar refractivity (Wildman–Crippen MR) is 64.9 cm³/mol. The molecule has 0 heterocycles. The van der Waals surface area contributed by atoms with Crippen LogP contribution >= 0.6 is 15.9 Å². The third kappa shape index (κ3) is 2.06. The molecule has 1 aliphatic carbocycles. The lowest BCUT2D eigenvalue weighted by atomic mass is 9.88. The maximum absolute atomic E-state index is 14.2. The van der Waals surface area contributed by atoms with E-state index in [0.717, 1.165) is 18.9 Å². The van der Waals surface area contributed by atoms with Gasteiger partial charge in [0.1, 0.15) is 5.82 Å². The Morgan fingerprint density at radius 3 is 2.47 bits per heavy atom. The van der Waals surface area contributed by atoms with Crippen LogP contribution in [0.3, 0.4) is 0 Å². The van der Waals surface area contributed by atoms with Crippen molar-refractivity contribution in [2.45, 2.75) is 31.2 Å². The number of benzene rings is 1. The molecule has 5 heteroatoms. The lowest BCUT2D eigenvalue weighted by molar-refractivity contribution is 0.344. The van der Waals surface area contributed by atoms with Gasteiger partial charge >= 0.3 is 0 Å². The highest BCUT2D eigenvalue weighted by atomic mass is 79.9. The summed E-state index contributed by atoms with van der Waals surface area (Å²) in [6.45, 7) is 0. The Morgan fingerprint density at radius 2 is 1.94 bits per heavy atom. The molecule has 0 radical (unpaired) electrons. The van der Waals surface area contributed by atoms with E-state index in [2.05, 4.69) is 15.9 Å². The highest BCUT2D eigenvalue weighted by molar-refractivity contribution is 9.10. The van der Waals surface area contributed by atoms with Crippen LogP contribution in [0.4, 0.5) is 8.78 Å². The molecule has 0 amide bonds. The van der Waals surface area contributed by atoms with Gasteiger partial charge in [-0.15, -0.1) is 0 Å². The summed E-state index contributed by atoms with van der Waals surface area (Å²) < 4.78 is 32.9. The van der Waals surface area contributed by atoms with E-state index < -0.39 is 17.2 Å². The summed E-state index contributed by atoms with van der Waals surface area (Å²) in [5, 5.41) is 0. The molecular weight excluding hydrogens is 292 g/mol. The number of ether oxygens (including phenoxy) is 1. The summed E-state index contributed by atoms with van der Waals surface area (Å²) in [5.74, 6) is -1.18. The first kappa shape index (κ1) is 12.8. The standard InChI is InChI=1S/C12H14BrF2NO/c1-17-11-8(14)6-7(13)10(15)9(11)12(16)4-2-3-5-12/h6H,2-5,16H2,1H3. The smallest absolute Gasteiger partial charge is 0.166 e. The molecule has 0 aliphatic heterocycles. The first-order valence-electron chi connectivity index (χ1n) is 5.50. The quantitative estimate of drug-likeness (QED) is 0.849. The molecule has 2 nitrogen and oxygen atoms in total. The highest BCUT2D eigenvalue weighted by Crippen LogP contribution is 2.44. The molecular formula is C12H14BrF2NO. The van der Waals surface area contributed by atoms with Gasteiger partial charge in [-0.3, -0.25) is 0 Å². The molecule has 0 unspecified atom stereocenters. The molecule has 0 atom stereocenters. The maximum Gasteiger partial charge on any atom is 0.166 e. The Labute approximate surface area is 107 Å². The molecule has 2 rings (SSSR count). The van der Waals surface area contributed by atoms with E-state index >= 15 is 0 Å². The van der Waals surface area contributed by atoms with Gasteiger partial charge in [-0.25, -0.2) is 8.78 Å². The zero-order valence-corrected chi connectivity index (χ0v) is 11.1. The van der Waals surface area contributed by atoms with Gasteiger partial charge in [0, 0.05) is 5.54 Å². The fraction of sp³-hybridized carbons (Fsp3) is 0.500. The monoisotopic (exact) mass is 305 g/mol. The molecule has 94 valence electrons. The van der Waals surface area contributed by atoms with E-state index in [0.29, 0.717) is 12.8 Å². The fourth-order valence-electron chi connectivity index (χ4n) is 2.48. The number of halogens is 3. The van der Waals surface area contributed by atoms with Gasteiger partial charge in [0.05, 0.1) is 17.1 Å². The molecule has 0 aromatic heterocycles. The van der Waals surface area contributed by atoms with Gasteiger partial charge in [-0.1, -0.05) is 12.8 Å². The van der Waals surface area contributed by atoms with Crippen LogP contribution < -0.4 is 10.5 Å². The minimum Gasteiger partial charge on any atom is -0.493 e. The molecule has 1 saturated carbocycles. The van der Waals surface area contributed by atoms with E-state index in [4.69, 9.17) is 10.5 Å². The van der Waals surface area contributed by atoms with Crippen LogP contribution in [0.15, 0.2) is 10.5 Å². The normalized spacial score (nSPS) is 18.4. The Balaban J connectivity index is 2.65. The molecule has 1 fully saturated rings. The van der Waals surface area contributed by atoms with Crippen molar-refractivity contribution in [1.82, 2.24) is 0 Å². The molecule has 1 aliphatic rings. The molecule has 0 bridgehead atoms. The van der Waals surface area contributed by atoms with Gasteiger partial charge in [0.2, 0.25) is 0 Å². The lowest BCUT2D eigenvalue weighted by Gasteiger charge is -2.27. The average molecular weight is 306 g/mol. The summed E-state index contributed by atoms with van der Waals surface area (Å²) in [5.41, 5.74) is 5.53. The van der Waals surface area contributed by atoms with Crippen LogP contribution in [0.25, 0.3) is 0 Å². The summed E-state index contributed by atoms with van der Waals surface area (Å²) in [4.78, 5) is 0. The van der Waals surface area contributed by atoms with Crippen LogP contribution in [0.5, 0.6) is 5.75 Å². The van der Waals surface area contributed by atoms with Crippen molar-refractivity contribution in [2.75, 3.05) is 7.11 Å². The van der Waals surface area contributed by atoms with Gasteiger partial charge in [0.15, 0.2) is 11.6 Å². The van der Waals surface area contributed by atoms with E-state index in [1.165, 1.54) is 7.11 Å². The topological polar surface area (TPSA) is 35.2 Å². The summed E-state index contributed by atoms with van der Waals surface area (Å²) >= 11 is 3.01. The Morgan fingerprint density at radius 1 is 1.35 bits per heavy atom. The predicted octanol–water partition coefficient (Wildman–Crippen LogP) is 3.46. The van der Waals surface area contributed by atoms with Crippen LogP contribution in [-0.4, -0.2) is 7.11 Å². The number of rotatable bonds is 2. The highest BCUT2D eigenvalue weighted by Gasteiger charge is 2.38. The number of nitrogens with two attached hydrogens (primary N) is 1. The number of hydrogen-bond acceptors (Lipinski definition) is 2. The van der Waals surface area contributed by atoms with E-state index in [9.17, 15) is 8.78 Å². The van der Waals surface area contributed by atoms with Crippen molar-refractivity contribution in [3.63, 3.8) is 0 Å². The van der Waals surface area contributed by atoms with Crippen LogP contribution in [0.2, 0.25) is 0 Å². The zero-order chi connectivity index (χ0) is 12.6.